The van der Waals surface area contributed by atoms with Crippen LogP contribution in [0.1, 0.15) is 5.69 Å². The molecule has 0 spiro atoms. The first-order valence-electron chi connectivity index (χ1n) is 7.26. The van der Waals surface area contributed by atoms with Gasteiger partial charge in [-0.3, -0.25) is 4.98 Å². The number of aromatic nitrogens is 5. The molecular weight excluding hydrogens is 344 g/mol. The number of rotatable bonds is 2. The van der Waals surface area contributed by atoms with Gasteiger partial charge in [-0.1, -0.05) is 11.6 Å². The van der Waals surface area contributed by atoms with Gasteiger partial charge in [0.2, 0.25) is 5.88 Å². The molecule has 8 nitrogen and oxygen atoms in total. The van der Waals surface area contributed by atoms with Gasteiger partial charge in [-0.15, -0.1) is 0 Å². The first kappa shape index (κ1) is 15.2. The molecule has 3 N–H and O–H groups in total. The van der Waals surface area contributed by atoms with Crippen LogP contribution >= 0.6 is 11.6 Å². The molecular formula is C16H11ClN6O2. The average molecular weight is 355 g/mol. The monoisotopic (exact) mass is 354 g/mol. The number of aromatic hydroxyl groups is 1. The second kappa shape index (κ2) is 5.91. The zero-order valence-corrected chi connectivity index (χ0v) is 13.4. The van der Waals surface area contributed by atoms with Crippen molar-refractivity contribution in [1.29, 1.82) is 0 Å². The SMILES string of the molecule is O=c1[nH]c(O)c(C=c2cnn3ccc(=Nc4ccc(Cl)cc4)nc23)[nH]1. The Morgan fingerprint density at radius 1 is 1.20 bits per heavy atom. The highest BCUT2D eigenvalue weighted by Gasteiger charge is 2.04. The maximum absolute atomic E-state index is 11.2. The first-order valence-corrected chi connectivity index (χ1v) is 7.64. The lowest BCUT2D eigenvalue weighted by Crippen LogP contribution is -2.12. The Morgan fingerprint density at radius 3 is 2.72 bits per heavy atom. The van der Waals surface area contributed by atoms with Crippen molar-refractivity contribution in [1.82, 2.24) is 24.6 Å². The van der Waals surface area contributed by atoms with Crippen molar-refractivity contribution < 1.29 is 5.11 Å². The molecule has 0 aliphatic rings. The van der Waals surface area contributed by atoms with Gasteiger partial charge in [-0.25, -0.2) is 19.3 Å². The largest absolute Gasteiger partial charge is 0.493 e. The molecule has 0 aliphatic carbocycles. The van der Waals surface area contributed by atoms with E-state index >= 15 is 0 Å². The standard InChI is InChI=1S/C16H11ClN6O2/c17-10-1-3-11(4-2-10)19-13-5-6-23-14(21-13)9(8-18-23)7-12-15(24)22-16(25)20-12/h1-8,24H,(H2,20,22,25). The van der Waals surface area contributed by atoms with Crippen molar-refractivity contribution in [2.75, 3.05) is 0 Å². The number of hydrogen-bond acceptors (Lipinski definition) is 5. The van der Waals surface area contributed by atoms with E-state index in [0.29, 0.717) is 21.4 Å². The number of fused-ring (bicyclic) bond motifs is 1. The zero-order valence-electron chi connectivity index (χ0n) is 12.6. The number of benzene rings is 1. The molecule has 0 bridgehead atoms. The van der Waals surface area contributed by atoms with Crippen LogP contribution in [0.5, 0.6) is 5.88 Å². The maximum atomic E-state index is 11.2. The van der Waals surface area contributed by atoms with Crippen molar-refractivity contribution in [3.8, 4) is 5.88 Å². The summed E-state index contributed by atoms with van der Waals surface area (Å²) in [5.74, 6) is -0.244. The fourth-order valence-electron chi connectivity index (χ4n) is 2.34. The van der Waals surface area contributed by atoms with Crippen molar-refractivity contribution >= 4 is 29.0 Å². The van der Waals surface area contributed by atoms with E-state index in [0.717, 1.165) is 5.69 Å². The molecule has 0 atom stereocenters. The van der Waals surface area contributed by atoms with Crippen LogP contribution < -0.4 is 16.4 Å². The third kappa shape index (κ3) is 3.02. The van der Waals surface area contributed by atoms with Gasteiger partial charge in [0.15, 0.2) is 11.1 Å². The van der Waals surface area contributed by atoms with Crippen LogP contribution in [0.3, 0.4) is 0 Å². The number of imidazole rings is 1. The van der Waals surface area contributed by atoms with Crippen molar-refractivity contribution in [2.45, 2.75) is 0 Å². The van der Waals surface area contributed by atoms with Crippen LogP contribution in [0.2, 0.25) is 5.02 Å². The minimum atomic E-state index is -0.494. The molecule has 0 unspecified atom stereocenters. The highest BCUT2D eigenvalue weighted by molar-refractivity contribution is 6.30. The number of nitrogens with one attached hydrogen (secondary N) is 2. The van der Waals surface area contributed by atoms with E-state index in [-0.39, 0.29) is 11.6 Å². The maximum Gasteiger partial charge on any atom is 0.326 e. The van der Waals surface area contributed by atoms with E-state index in [9.17, 15) is 9.90 Å². The van der Waals surface area contributed by atoms with E-state index in [2.05, 4.69) is 25.0 Å². The molecule has 4 aromatic rings. The number of hydrogen-bond donors (Lipinski definition) is 3. The van der Waals surface area contributed by atoms with Gasteiger partial charge in [0.05, 0.1) is 11.9 Å². The van der Waals surface area contributed by atoms with Crippen LogP contribution in [-0.4, -0.2) is 29.7 Å². The van der Waals surface area contributed by atoms with Gasteiger partial charge >= 0.3 is 5.69 Å². The first-order chi connectivity index (χ1) is 12.1. The van der Waals surface area contributed by atoms with Crippen LogP contribution in [-0.2, 0) is 0 Å². The second-order valence-corrected chi connectivity index (χ2v) is 5.66. The van der Waals surface area contributed by atoms with E-state index < -0.39 is 5.69 Å². The Labute approximate surface area is 144 Å². The summed E-state index contributed by atoms with van der Waals surface area (Å²) >= 11 is 5.87. The molecule has 0 amide bonds. The molecule has 1 aromatic carbocycles. The van der Waals surface area contributed by atoms with Gasteiger partial charge in [0, 0.05) is 22.5 Å². The van der Waals surface area contributed by atoms with Gasteiger partial charge in [-0.2, -0.15) is 5.10 Å². The second-order valence-electron chi connectivity index (χ2n) is 5.23. The molecule has 124 valence electrons. The van der Waals surface area contributed by atoms with Gasteiger partial charge < -0.3 is 10.1 Å². The summed E-state index contributed by atoms with van der Waals surface area (Å²) < 4.78 is 1.58. The van der Waals surface area contributed by atoms with Crippen LogP contribution in [0.15, 0.2) is 52.5 Å². The Kier molecular flexibility index (Phi) is 3.58. The summed E-state index contributed by atoms with van der Waals surface area (Å²) in [4.78, 5) is 24.9. The molecule has 3 aromatic heterocycles. The molecule has 4 rings (SSSR count). The number of nitrogens with zero attached hydrogens (tertiary/aromatic N) is 4. The van der Waals surface area contributed by atoms with E-state index in [1.165, 1.54) is 0 Å². The predicted octanol–water partition coefficient (Wildman–Crippen LogP) is 0.885. The van der Waals surface area contributed by atoms with Crippen LogP contribution in [0, 0.1) is 0 Å². The Morgan fingerprint density at radius 2 is 2.00 bits per heavy atom. The summed E-state index contributed by atoms with van der Waals surface area (Å²) in [6.45, 7) is 0. The molecule has 25 heavy (non-hydrogen) atoms. The molecule has 9 heteroatoms. The molecule has 0 saturated heterocycles. The van der Waals surface area contributed by atoms with E-state index in [4.69, 9.17) is 11.6 Å². The minimum absolute atomic E-state index is 0.244. The quantitative estimate of drug-likeness (QED) is 0.496. The van der Waals surface area contributed by atoms with Gasteiger partial charge in [-0.05, 0) is 30.3 Å². The fourth-order valence-corrected chi connectivity index (χ4v) is 2.46. The average Bonchev–Trinajstić information content (AvgIpc) is 3.13. The Balaban J connectivity index is 1.87. The normalized spacial score (nSPS) is 13.0. The number of aromatic amines is 2. The highest BCUT2D eigenvalue weighted by Crippen LogP contribution is 2.15. The molecule has 0 aliphatic heterocycles. The lowest BCUT2D eigenvalue weighted by molar-refractivity contribution is 0.454. The Bertz CT molecular complexity index is 1240. The molecule has 0 fully saturated rings. The number of halogens is 1. The number of H-pyrrole nitrogens is 2. The van der Waals surface area contributed by atoms with Crippen molar-refractivity contribution in [3.63, 3.8) is 0 Å². The van der Waals surface area contributed by atoms with Gasteiger partial charge in [0.25, 0.3) is 0 Å². The molecule has 0 radical (unpaired) electrons. The van der Waals surface area contributed by atoms with Gasteiger partial charge in [0.1, 0.15) is 5.69 Å². The predicted molar refractivity (Wildman–Crippen MR) is 91.5 cm³/mol. The molecule has 3 heterocycles. The van der Waals surface area contributed by atoms with Crippen molar-refractivity contribution in [3.05, 3.63) is 74.6 Å². The minimum Gasteiger partial charge on any atom is -0.493 e. The van der Waals surface area contributed by atoms with Crippen LogP contribution in [0.4, 0.5) is 5.69 Å². The summed E-state index contributed by atoms with van der Waals surface area (Å²) in [5.41, 5.74) is 1.51. The molecule has 0 saturated carbocycles. The van der Waals surface area contributed by atoms with E-state index in [1.54, 1.807) is 53.3 Å². The third-order valence-corrected chi connectivity index (χ3v) is 3.74. The summed E-state index contributed by atoms with van der Waals surface area (Å²) in [5, 5.41) is 15.1. The lowest BCUT2D eigenvalue weighted by Gasteiger charge is -1.95. The summed E-state index contributed by atoms with van der Waals surface area (Å²) in [7, 11) is 0. The van der Waals surface area contributed by atoms with Crippen LogP contribution in [0.25, 0.3) is 11.7 Å². The topological polar surface area (TPSA) is 111 Å². The van der Waals surface area contributed by atoms with E-state index in [1.807, 2.05) is 0 Å². The summed E-state index contributed by atoms with van der Waals surface area (Å²) in [6, 6.07) is 8.82. The zero-order chi connectivity index (χ0) is 17.4. The third-order valence-electron chi connectivity index (χ3n) is 3.49. The lowest BCUT2D eigenvalue weighted by atomic mass is 10.3. The summed E-state index contributed by atoms with van der Waals surface area (Å²) in [6.07, 6.45) is 4.89. The highest BCUT2D eigenvalue weighted by atomic mass is 35.5. The van der Waals surface area contributed by atoms with Crippen molar-refractivity contribution in [2.24, 2.45) is 4.99 Å². The smallest absolute Gasteiger partial charge is 0.326 e. The Hall–Kier alpha value is -3.39. The fraction of sp³-hybridized carbons (Fsp3) is 0.